The first-order chi connectivity index (χ1) is 32.8. The van der Waals surface area contributed by atoms with Gasteiger partial charge < -0.3 is 23.3 Å². The molecule has 0 aliphatic heterocycles. The van der Waals surface area contributed by atoms with E-state index in [0.717, 1.165) is 38.5 Å². The molecule has 1 rings (SSSR count). The van der Waals surface area contributed by atoms with Gasteiger partial charge in [0.2, 0.25) is 5.75 Å². The topological polar surface area (TPSA) is 63.2 Å². The predicted molar refractivity (Wildman–Crippen MR) is 294 cm³/mol. The summed E-state index contributed by atoms with van der Waals surface area (Å²) in [5.41, 5.74) is 0. The van der Waals surface area contributed by atoms with Crippen LogP contribution in [0.25, 0.3) is 0 Å². The summed E-state index contributed by atoms with van der Waals surface area (Å²) in [6.45, 7) is 16.3. The van der Waals surface area contributed by atoms with Crippen LogP contribution in [-0.4, -0.2) is 32.0 Å². The predicted octanol–water partition coefficient (Wildman–Crippen LogP) is 20.9. The first kappa shape index (κ1) is 63.8. The summed E-state index contributed by atoms with van der Waals surface area (Å²) in [6.07, 6.45) is 54.9. The van der Waals surface area contributed by atoms with Gasteiger partial charge in [0.05, 0.1) is 37.3 Å². The van der Waals surface area contributed by atoms with Crippen molar-refractivity contribution in [3.63, 3.8) is 0 Å². The van der Waals surface area contributed by atoms with Crippen molar-refractivity contribution < 1.29 is 27.8 Å². The van der Waals surface area contributed by atoms with Gasteiger partial charge in [-0.2, -0.15) is 0 Å². The second kappa shape index (κ2) is 47.1. The molecule has 0 atom stereocenters. The van der Waals surface area contributed by atoms with Crippen LogP contribution < -0.4 is 19.5 Å². The molecule has 0 saturated heterocycles. The highest BCUT2D eigenvalue weighted by atomic mass is 31.2. The van der Waals surface area contributed by atoms with E-state index in [9.17, 15) is 4.57 Å². The molecule has 6 nitrogen and oxygen atoms in total. The molecular weight excluding hydrogens is 848 g/mol. The van der Waals surface area contributed by atoms with Crippen molar-refractivity contribution in [1.82, 2.24) is 0 Å². The van der Waals surface area contributed by atoms with E-state index in [-0.39, 0.29) is 12.2 Å². The van der Waals surface area contributed by atoms with Gasteiger partial charge in [-0.1, -0.05) is 271 Å². The van der Waals surface area contributed by atoms with Crippen molar-refractivity contribution in [2.45, 2.75) is 330 Å². The standard InChI is InChI=1S/C60H115O6P/c1-8-11-14-17-20-23-26-29-32-35-38-41-44-47-50-62-58-53-57(67(61,65-55(4)5)66-56(6)7)54-59(63-51-48-45-42-39-36-33-30-27-24-21-18-15-12-9-2)60(58)64-52-49-46-43-40-37-34-31-28-25-22-19-16-13-10-3/h53-56H,8-52H2,1-7H3. The summed E-state index contributed by atoms with van der Waals surface area (Å²) < 4.78 is 46.7. The molecule has 0 unspecified atom stereocenters. The first-order valence-electron chi connectivity index (χ1n) is 29.8. The smallest absolute Gasteiger partial charge is 0.362 e. The molecular formula is C60H115O6P. The Hall–Kier alpha value is -1.23. The first-order valence-corrected chi connectivity index (χ1v) is 31.3. The highest BCUT2D eigenvalue weighted by Crippen LogP contribution is 2.52. The Morgan fingerprint density at radius 1 is 0.328 bits per heavy atom. The molecule has 0 spiro atoms. The number of unbranched alkanes of at least 4 members (excludes halogenated alkanes) is 39. The van der Waals surface area contributed by atoms with Crippen LogP contribution in [-0.2, 0) is 13.6 Å². The number of ether oxygens (including phenoxy) is 3. The lowest BCUT2D eigenvalue weighted by molar-refractivity contribution is 0.150. The quantitative estimate of drug-likeness (QED) is 0.0479. The van der Waals surface area contributed by atoms with Gasteiger partial charge in [-0.25, -0.2) is 0 Å². The highest BCUT2D eigenvalue weighted by Gasteiger charge is 2.33. The number of hydrogen-bond acceptors (Lipinski definition) is 6. The van der Waals surface area contributed by atoms with E-state index in [4.69, 9.17) is 23.3 Å². The maximum Gasteiger partial charge on any atom is 0.362 e. The Balaban J connectivity index is 2.87. The van der Waals surface area contributed by atoms with Gasteiger partial charge in [0, 0.05) is 0 Å². The summed E-state index contributed by atoms with van der Waals surface area (Å²) in [6, 6.07) is 3.71. The number of benzene rings is 1. The van der Waals surface area contributed by atoms with Crippen molar-refractivity contribution in [2.75, 3.05) is 19.8 Å². The van der Waals surface area contributed by atoms with Crippen LogP contribution in [0.15, 0.2) is 12.1 Å². The van der Waals surface area contributed by atoms with Crippen molar-refractivity contribution in [2.24, 2.45) is 0 Å². The van der Waals surface area contributed by atoms with Gasteiger partial charge in [-0.15, -0.1) is 0 Å². The summed E-state index contributed by atoms with van der Waals surface area (Å²) in [7, 11) is -3.69. The maximum absolute atomic E-state index is 14.6. The van der Waals surface area contributed by atoms with E-state index < -0.39 is 7.60 Å². The van der Waals surface area contributed by atoms with Gasteiger partial charge in [0.15, 0.2) is 11.5 Å². The van der Waals surface area contributed by atoms with E-state index in [1.165, 1.54) is 231 Å². The summed E-state index contributed by atoms with van der Waals surface area (Å²) in [4.78, 5) is 0. The molecule has 0 bridgehead atoms. The van der Waals surface area contributed by atoms with Crippen LogP contribution >= 0.6 is 7.60 Å². The average molecular weight is 964 g/mol. The minimum Gasteiger partial charge on any atom is -0.490 e. The molecule has 0 aromatic heterocycles. The molecule has 0 N–H and O–H groups in total. The molecule has 0 saturated carbocycles. The normalized spacial score (nSPS) is 12.0. The molecule has 396 valence electrons. The second-order valence-corrected chi connectivity index (χ2v) is 22.8. The largest absolute Gasteiger partial charge is 0.490 e. The molecule has 1 aromatic rings. The SMILES string of the molecule is CCCCCCCCCCCCCCCCOc1cc(P(=O)(OC(C)C)OC(C)C)cc(OCCCCCCCCCCCCCCCC)c1OCCCCCCCCCCCCCCCC. The van der Waals surface area contributed by atoms with Gasteiger partial charge in [-0.3, -0.25) is 4.57 Å². The Bertz CT molecular complexity index is 1170. The average Bonchev–Trinajstić information content (AvgIpc) is 3.30. The summed E-state index contributed by atoms with van der Waals surface area (Å²) >= 11 is 0. The van der Waals surface area contributed by atoms with Gasteiger partial charge in [-0.05, 0) is 59.1 Å². The van der Waals surface area contributed by atoms with Gasteiger partial charge >= 0.3 is 7.60 Å². The Morgan fingerprint density at radius 3 is 0.761 bits per heavy atom. The minimum absolute atomic E-state index is 0.277. The van der Waals surface area contributed by atoms with Crippen molar-refractivity contribution in [3.8, 4) is 17.2 Å². The van der Waals surface area contributed by atoms with E-state index in [2.05, 4.69) is 20.8 Å². The maximum atomic E-state index is 14.6. The monoisotopic (exact) mass is 963 g/mol. The molecule has 0 aliphatic carbocycles. The van der Waals surface area contributed by atoms with Crippen LogP contribution in [0.4, 0.5) is 0 Å². The van der Waals surface area contributed by atoms with Crippen LogP contribution in [0, 0.1) is 0 Å². The molecule has 0 aliphatic rings. The lowest BCUT2D eigenvalue weighted by Gasteiger charge is -2.25. The third-order valence-corrected chi connectivity index (χ3v) is 15.6. The van der Waals surface area contributed by atoms with Crippen LogP contribution in [0.2, 0.25) is 0 Å². The summed E-state index contributed by atoms with van der Waals surface area (Å²) in [5, 5.41) is 0.477. The van der Waals surface area contributed by atoms with Crippen LogP contribution in [0.1, 0.15) is 318 Å². The zero-order valence-electron chi connectivity index (χ0n) is 46.0. The Morgan fingerprint density at radius 2 is 0.537 bits per heavy atom. The zero-order valence-corrected chi connectivity index (χ0v) is 46.9. The lowest BCUT2D eigenvalue weighted by Crippen LogP contribution is -2.18. The zero-order chi connectivity index (χ0) is 48.7. The minimum atomic E-state index is -3.69. The second-order valence-electron chi connectivity index (χ2n) is 20.9. The molecule has 67 heavy (non-hydrogen) atoms. The van der Waals surface area contributed by atoms with E-state index in [1.54, 1.807) is 0 Å². The Labute approximate surface area is 418 Å². The van der Waals surface area contributed by atoms with Crippen LogP contribution in [0.5, 0.6) is 17.2 Å². The highest BCUT2D eigenvalue weighted by molar-refractivity contribution is 7.62. The third kappa shape index (κ3) is 38.2. The fourth-order valence-electron chi connectivity index (χ4n) is 9.21. The fraction of sp³-hybridized carbons (Fsp3) is 0.900. The molecule has 7 heteroatoms. The van der Waals surface area contributed by atoms with E-state index >= 15 is 0 Å². The molecule has 0 amide bonds. The van der Waals surface area contributed by atoms with Gasteiger partial charge in [0.25, 0.3) is 0 Å². The molecule has 0 heterocycles. The molecule has 1 aromatic carbocycles. The van der Waals surface area contributed by atoms with Gasteiger partial charge in [0.1, 0.15) is 0 Å². The number of hydrogen-bond donors (Lipinski definition) is 0. The lowest BCUT2D eigenvalue weighted by atomic mass is 10.0. The third-order valence-electron chi connectivity index (χ3n) is 13.3. The number of rotatable bonds is 53. The van der Waals surface area contributed by atoms with Crippen molar-refractivity contribution in [3.05, 3.63) is 12.1 Å². The van der Waals surface area contributed by atoms with Crippen molar-refractivity contribution >= 4 is 12.9 Å². The molecule has 0 radical (unpaired) electrons. The summed E-state index contributed by atoms with van der Waals surface area (Å²) in [5.74, 6) is 1.82. The molecule has 0 fully saturated rings. The van der Waals surface area contributed by atoms with Crippen LogP contribution in [0.3, 0.4) is 0 Å². The van der Waals surface area contributed by atoms with Crippen molar-refractivity contribution in [1.29, 1.82) is 0 Å². The Kier molecular flexibility index (Phi) is 44.9. The van der Waals surface area contributed by atoms with E-state index in [0.29, 0.717) is 42.4 Å². The fourth-order valence-corrected chi connectivity index (χ4v) is 11.2. The van der Waals surface area contributed by atoms with E-state index in [1.807, 2.05) is 39.8 Å².